The topological polar surface area (TPSA) is 51.2 Å². The van der Waals surface area contributed by atoms with E-state index in [4.69, 9.17) is 4.74 Å². The monoisotopic (exact) mass is 270 g/mol. The van der Waals surface area contributed by atoms with Crippen LogP contribution in [0.1, 0.15) is 12.5 Å². The van der Waals surface area contributed by atoms with Gasteiger partial charge in [-0.2, -0.15) is 0 Å². The Bertz CT molecular complexity index is 617. The second-order valence-electron chi connectivity index (χ2n) is 4.42. The summed E-state index contributed by atoms with van der Waals surface area (Å²) in [5.74, 6) is -0.351. The average Bonchev–Trinajstić information content (AvgIpc) is 2.47. The lowest BCUT2D eigenvalue weighted by Gasteiger charge is -2.09. The number of nitrogens with zero attached hydrogens (tertiary/aromatic N) is 1. The van der Waals surface area contributed by atoms with E-state index in [0.717, 1.165) is 16.5 Å². The molecule has 0 aliphatic rings. The summed E-state index contributed by atoms with van der Waals surface area (Å²) in [6.45, 7) is 6.89. The van der Waals surface area contributed by atoms with E-state index < -0.39 is 0 Å². The second-order valence-corrected chi connectivity index (χ2v) is 4.42. The average molecular weight is 270 g/mol. The molecule has 20 heavy (non-hydrogen) atoms. The van der Waals surface area contributed by atoms with Crippen molar-refractivity contribution in [1.29, 1.82) is 0 Å². The molecule has 0 amide bonds. The Hall–Kier alpha value is -2.20. The summed E-state index contributed by atoms with van der Waals surface area (Å²) < 4.78 is 4.89. The van der Waals surface area contributed by atoms with Crippen LogP contribution in [0, 0.1) is 0 Å². The highest BCUT2D eigenvalue weighted by molar-refractivity contribution is 5.88. The van der Waals surface area contributed by atoms with Crippen molar-refractivity contribution in [3.63, 3.8) is 0 Å². The van der Waals surface area contributed by atoms with Crippen molar-refractivity contribution in [3.05, 3.63) is 54.2 Å². The third kappa shape index (κ3) is 3.42. The minimum Gasteiger partial charge on any atom is -0.463 e. The highest BCUT2D eigenvalue weighted by Gasteiger charge is 2.07. The van der Waals surface area contributed by atoms with Crippen LogP contribution in [0.25, 0.3) is 10.9 Å². The summed E-state index contributed by atoms with van der Waals surface area (Å²) in [5, 5.41) is 4.30. The molecule has 1 heterocycles. The molecular weight excluding hydrogens is 252 g/mol. The standard InChI is InChI=1S/C16H18N2O2/c1-3-20-16(19)12(2)10-17-11-14-7-4-6-13-8-5-9-18-15(13)14/h4-9,17H,2-3,10-11H2,1H3. The summed E-state index contributed by atoms with van der Waals surface area (Å²) in [6, 6.07) is 10.0. The Morgan fingerprint density at radius 1 is 1.35 bits per heavy atom. The van der Waals surface area contributed by atoms with Gasteiger partial charge in [-0.15, -0.1) is 0 Å². The quantitative estimate of drug-likeness (QED) is 0.647. The van der Waals surface area contributed by atoms with Crippen LogP contribution in [-0.4, -0.2) is 24.1 Å². The number of esters is 1. The zero-order valence-electron chi connectivity index (χ0n) is 11.6. The van der Waals surface area contributed by atoms with E-state index >= 15 is 0 Å². The number of hydrogen-bond donors (Lipinski definition) is 1. The van der Waals surface area contributed by atoms with Gasteiger partial charge in [0.1, 0.15) is 0 Å². The second kappa shape index (κ2) is 6.82. The van der Waals surface area contributed by atoms with Gasteiger partial charge in [-0.05, 0) is 18.6 Å². The molecule has 0 spiro atoms. The van der Waals surface area contributed by atoms with Crippen LogP contribution in [0.15, 0.2) is 48.7 Å². The first kappa shape index (κ1) is 14.2. The van der Waals surface area contributed by atoms with Crippen LogP contribution in [0.5, 0.6) is 0 Å². The van der Waals surface area contributed by atoms with E-state index in [1.54, 1.807) is 13.1 Å². The number of fused-ring (bicyclic) bond motifs is 1. The van der Waals surface area contributed by atoms with Crippen molar-refractivity contribution < 1.29 is 9.53 Å². The van der Waals surface area contributed by atoms with Crippen molar-refractivity contribution in [3.8, 4) is 0 Å². The van der Waals surface area contributed by atoms with E-state index in [1.807, 2.05) is 30.3 Å². The molecule has 104 valence electrons. The van der Waals surface area contributed by atoms with Gasteiger partial charge in [0.05, 0.1) is 12.1 Å². The number of carbonyl (C=O) groups excluding carboxylic acids is 1. The molecule has 0 fully saturated rings. The molecular formula is C16H18N2O2. The summed E-state index contributed by atoms with van der Waals surface area (Å²) in [6.07, 6.45) is 1.78. The fourth-order valence-electron chi connectivity index (χ4n) is 1.96. The van der Waals surface area contributed by atoms with Gasteiger partial charge in [-0.3, -0.25) is 4.98 Å². The number of para-hydroxylation sites is 1. The fraction of sp³-hybridized carbons (Fsp3) is 0.250. The number of nitrogens with one attached hydrogen (secondary N) is 1. The predicted molar refractivity (Wildman–Crippen MR) is 79.2 cm³/mol. The molecule has 1 aromatic carbocycles. The van der Waals surface area contributed by atoms with E-state index in [0.29, 0.717) is 25.3 Å². The van der Waals surface area contributed by atoms with Crippen molar-refractivity contribution >= 4 is 16.9 Å². The molecule has 0 atom stereocenters. The highest BCUT2D eigenvalue weighted by atomic mass is 16.5. The van der Waals surface area contributed by atoms with E-state index in [-0.39, 0.29) is 5.97 Å². The Kier molecular flexibility index (Phi) is 4.85. The molecule has 4 heteroatoms. The molecule has 0 bridgehead atoms. The minimum atomic E-state index is -0.351. The van der Waals surface area contributed by atoms with E-state index in [2.05, 4.69) is 16.9 Å². The minimum absolute atomic E-state index is 0.351. The first-order valence-electron chi connectivity index (χ1n) is 6.60. The normalized spacial score (nSPS) is 10.4. The summed E-state index contributed by atoms with van der Waals surface area (Å²) >= 11 is 0. The number of rotatable bonds is 6. The molecule has 0 saturated carbocycles. The lowest BCUT2D eigenvalue weighted by atomic mass is 10.1. The number of carbonyl (C=O) groups is 1. The van der Waals surface area contributed by atoms with Gasteiger partial charge in [-0.25, -0.2) is 4.79 Å². The fourth-order valence-corrected chi connectivity index (χ4v) is 1.96. The Morgan fingerprint density at radius 3 is 2.95 bits per heavy atom. The number of benzene rings is 1. The molecule has 0 aliphatic carbocycles. The predicted octanol–water partition coefficient (Wildman–Crippen LogP) is 2.44. The van der Waals surface area contributed by atoms with Crippen LogP contribution in [-0.2, 0) is 16.1 Å². The zero-order valence-corrected chi connectivity index (χ0v) is 11.6. The maximum Gasteiger partial charge on any atom is 0.334 e. The third-order valence-electron chi connectivity index (χ3n) is 2.93. The third-order valence-corrected chi connectivity index (χ3v) is 2.93. The number of ether oxygens (including phenoxy) is 1. The Balaban J connectivity index is 1.96. The molecule has 0 unspecified atom stereocenters. The summed E-state index contributed by atoms with van der Waals surface area (Å²) in [7, 11) is 0. The first-order chi connectivity index (χ1) is 9.72. The number of pyridine rings is 1. The Labute approximate surface area is 118 Å². The van der Waals surface area contributed by atoms with Gasteiger partial charge in [0.2, 0.25) is 0 Å². The van der Waals surface area contributed by atoms with E-state index in [9.17, 15) is 4.79 Å². The van der Waals surface area contributed by atoms with Gasteiger partial charge >= 0.3 is 5.97 Å². The van der Waals surface area contributed by atoms with Crippen LogP contribution >= 0.6 is 0 Å². The molecule has 0 aliphatic heterocycles. The number of aromatic nitrogens is 1. The largest absolute Gasteiger partial charge is 0.463 e. The van der Waals surface area contributed by atoms with Crippen LogP contribution < -0.4 is 5.32 Å². The molecule has 4 nitrogen and oxygen atoms in total. The van der Waals surface area contributed by atoms with Gasteiger partial charge in [0, 0.05) is 30.2 Å². The maximum absolute atomic E-state index is 11.4. The first-order valence-corrected chi connectivity index (χ1v) is 6.60. The van der Waals surface area contributed by atoms with E-state index in [1.165, 1.54) is 0 Å². The molecule has 1 N–H and O–H groups in total. The smallest absolute Gasteiger partial charge is 0.334 e. The highest BCUT2D eigenvalue weighted by Crippen LogP contribution is 2.15. The van der Waals surface area contributed by atoms with Gasteiger partial charge < -0.3 is 10.1 Å². The number of hydrogen-bond acceptors (Lipinski definition) is 4. The zero-order chi connectivity index (χ0) is 14.4. The maximum atomic E-state index is 11.4. The van der Waals surface area contributed by atoms with Crippen molar-refractivity contribution in [2.24, 2.45) is 0 Å². The van der Waals surface area contributed by atoms with Crippen LogP contribution in [0.4, 0.5) is 0 Å². The van der Waals surface area contributed by atoms with Gasteiger partial charge in [-0.1, -0.05) is 30.8 Å². The van der Waals surface area contributed by atoms with Crippen molar-refractivity contribution in [2.45, 2.75) is 13.5 Å². The van der Waals surface area contributed by atoms with Gasteiger partial charge in [0.15, 0.2) is 0 Å². The van der Waals surface area contributed by atoms with Crippen molar-refractivity contribution in [2.75, 3.05) is 13.2 Å². The summed E-state index contributed by atoms with van der Waals surface area (Å²) in [5.41, 5.74) is 2.50. The molecule has 1 aromatic heterocycles. The van der Waals surface area contributed by atoms with Crippen LogP contribution in [0.2, 0.25) is 0 Å². The molecule has 0 saturated heterocycles. The molecule has 2 rings (SSSR count). The molecule has 2 aromatic rings. The van der Waals surface area contributed by atoms with Crippen LogP contribution in [0.3, 0.4) is 0 Å². The summed E-state index contributed by atoms with van der Waals surface area (Å²) in [4.78, 5) is 15.8. The SMILES string of the molecule is C=C(CNCc1cccc2cccnc12)C(=O)OCC. The molecule has 0 radical (unpaired) electrons. The lowest BCUT2D eigenvalue weighted by molar-refractivity contribution is -0.138. The van der Waals surface area contributed by atoms with Crippen molar-refractivity contribution in [1.82, 2.24) is 10.3 Å². The Morgan fingerprint density at radius 2 is 2.15 bits per heavy atom. The lowest BCUT2D eigenvalue weighted by Crippen LogP contribution is -2.21. The van der Waals surface area contributed by atoms with Gasteiger partial charge in [0.25, 0.3) is 0 Å².